The summed E-state index contributed by atoms with van der Waals surface area (Å²) in [6.45, 7) is 8.75. The van der Waals surface area contributed by atoms with Crippen LogP contribution >= 0.6 is 11.6 Å². The van der Waals surface area contributed by atoms with Gasteiger partial charge in [0.05, 0.1) is 0 Å². The fourth-order valence-corrected chi connectivity index (χ4v) is 0.589. The minimum atomic E-state index is 0.500. The van der Waals surface area contributed by atoms with Gasteiger partial charge < -0.3 is 5.73 Å². The summed E-state index contributed by atoms with van der Waals surface area (Å²) in [7, 11) is 0. The van der Waals surface area contributed by atoms with Gasteiger partial charge >= 0.3 is 0 Å². The second-order valence-corrected chi connectivity index (χ2v) is 4.99. The number of halogens is 1. The number of benzene rings is 1. The van der Waals surface area contributed by atoms with Gasteiger partial charge in [0.1, 0.15) is 0 Å². The first-order valence-corrected chi connectivity index (χ1v) is 4.68. The van der Waals surface area contributed by atoms with Crippen LogP contribution in [0.25, 0.3) is 0 Å². The van der Waals surface area contributed by atoms with Gasteiger partial charge in [-0.25, -0.2) is 0 Å². The first kappa shape index (κ1) is 12.3. The lowest BCUT2D eigenvalue weighted by atomic mass is 10.0. The Kier molecular flexibility index (Phi) is 4.86. The van der Waals surface area contributed by atoms with Gasteiger partial charge in [-0.05, 0) is 29.7 Å². The van der Waals surface area contributed by atoms with E-state index in [1.54, 1.807) is 24.3 Å². The average Bonchev–Trinajstić information content (AvgIpc) is 1.92. The van der Waals surface area contributed by atoms with Crippen molar-refractivity contribution in [2.24, 2.45) is 5.41 Å². The zero-order valence-corrected chi connectivity index (χ0v) is 9.52. The maximum atomic E-state index is 5.56. The average molecular weight is 200 g/mol. The van der Waals surface area contributed by atoms with Crippen LogP contribution in [-0.4, -0.2) is 0 Å². The zero-order valence-electron chi connectivity index (χ0n) is 8.76. The van der Waals surface area contributed by atoms with Crippen molar-refractivity contribution in [2.45, 2.75) is 27.7 Å². The third kappa shape index (κ3) is 11.3. The van der Waals surface area contributed by atoms with Crippen molar-refractivity contribution in [3.05, 3.63) is 29.3 Å². The first-order chi connectivity index (χ1) is 5.79. The molecule has 1 aromatic rings. The molecule has 0 aromatic heterocycles. The molecule has 13 heavy (non-hydrogen) atoms. The standard InChI is InChI=1S/C6H6ClN.C5H12/c7-5-1-3-6(8)4-2-5;1-5(2,3)4/h1-4H,8H2;1-4H3. The van der Waals surface area contributed by atoms with Gasteiger partial charge in [0.2, 0.25) is 0 Å². The van der Waals surface area contributed by atoms with Crippen molar-refractivity contribution in [3.8, 4) is 0 Å². The Morgan fingerprint density at radius 1 is 1.00 bits per heavy atom. The van der Waals surface area contributed by atoms with Crippen LogP contribution in [0.3, 0.4) is 0 Å². The zero-order chi connectivity index (χ0) is 10.5. The predicted octanol–water partition coefficient (Wildman–Crippen LogP) is 3.97. The highest BCUT2D eigenvalue weighted by Gasteiger charge is 1.95. The molecule has 2 N–H and O–H groups in total. The SMILES string of the molecule is CC(C)(C)C.Nc1ccc(Cl)cc1. The van der Waals surface area contributed by atoms with E-state index in [2.05, 4.69) is 27.7 Å². The van der Waals surface area contributed by atoms with E-state index in [-0.39, 0.29) is 0 Å². The van der Waals surface area contributed by atoms with E-state index in [0.717, 1.165) is 10.7 Å². The molecule has 0 saturated heterocycles. The molecule has 1 aromatic carbocycles. The summed E-state index contributed by atoms with van der Waals surface area (Å²) in [5.41, 5.74) is 6.61. The molecule has 0 saturated carbocycles. The number of nitrogens with two attached hydrogens (primary N) is 1. The number of rotatable bonds is 0. The summed E-state index contributed by atoms with van der Waals surface area (Å²) in [5.74, 6) is 0. The van der Waals surface area contributed by atoms with Crippen LogP contribution in [0.1, 0.15) is 27.7 Å². The fraction of sp³-hybridized carbons (Fsp3) is 0.455. The lowest BCUT2D eigenvalue weighted by Crippen LogP contribution is -1.93. The quantitative estimate of drug-likeness (QED) is 0.629. The third-order valence-electron chi connectivity index (χ3n) is 0.870. The van der Waals surface area contributed by atoms with Crippen LogP contribution in [0.2, 0.25) is 5.02 Å². The molecule has 0 spiro atoms. The highest BCUT2D eigenvalue weighted by Crippen LogP contribution is 2.09. The largest absolute Gasteiger partial charge is 0.399 e. The fourth-order valence-electron chi connectivity index (χ4n) is 0.463. The minimum absolute atomic E-state index is 0.500. The van der Waals surface area contributed by atoms with Crippen molar-refractivity contribution in [1.82, 2.24) is 0 Å². The molecule has 0 aliphatic rings. The highest BCUT2D eigenvalue weighted by atomic mass is 35.5. The molecule has 0 unspecified atom stereocenters. The normalized spacial score (nSPS) is 10.2. The number of hydrogen-bond acceptors (Lipinski definition) is 1. The molecular formula is C11H18ClN. The summed E-state index contributed by atoms with van der Waals surface area (Å²) in [5, 5.41) is 0.721. The second-order valence-electron chi connectivity index (χ2n) is 4.55. The Morgan fingerprint density at radius 3 is 1.54 bits per heavy atom. The Morgan fingerprint density at radius 2 is 1.31 bits per heavy atom. The van der Waals surface area contributed by atoms with E-state index < -0.39 is 0 Å². The monoisotopic (exact) mass is 199 g/mol. The first-order valence-electron chi connectivity index (χ1n) is 4.30. The molecule has 0 aliphatic carbocycles. The molecule has 0 radical (unpaired) electrons. The molecule has 0 atom stereocenters. The summed E-state index contributed by atoms with van der Waals surface area (Å²) >= 11 is 5.56. The number of hydrogen-bond donors (Lipinski definition) is 1. The van der Waals surface area contributed by atoms with Crippen LogP contribution in [0.5, 0.6) is 0 Å². The van der Waals surface area contributed by atoms with Gasteiger partial charge in [-0.2, -0.15) is 0 Å². The Bertz CT molecular complexity index is 206. The van der Waals surface area contributed by atoms with Crippen LogP contribution < -0.4 is 5.73 Å². The number of anilines is 1. The van der Waals surface area contributed by atoms with E-state index in [0.29, 0.717) is 5.41 Å². The smallest absolute Gasteiger partial charge is 0.0407 e. The maximum Gasteiger partial charge on any atom is 0.0407 e. The lowest BCUT2D eigenvalue weighted by Gasteiger charge is -2.05. The highest BCUT2D eigenvalue weighted by molar-refractivity contribution is 6.30. The van der Waals surface area contributed by atoms with Crippen molar-refractivity contribution in [3.63, 3.8) is 0 Å². The van der Waals surface area contributed by atoms with Crippen molar-refractivity contribution in [1.29, 1.82) is 0 Å². The van der Waals surface area contributed by atoms with Gasteiger partial charge in [0, 0.05) is 10.7 Å². The molecule has 0 amide bonds. The molecule has 1 rings (SSSR count). The Labute approximate surface area is 85.9 Å². The summed E-state index contributed by atoms with van der Waals surface area (Å²) in [4.78, 5) is 0. The Balaban J connectivity index is 0.000000252. The van der Waals surface area contributed by atoms with Crippen LogP contribution in [-0.2, 0) is 0 Å². The van der Waals surface area contributed by atoms with Gasteiger partial charge in [-0.3, -0.25) is 0 Å². The van der Waals surface area contributed by atoms with Gasteiger partial charge in [-0.15, -0.1) is 0 Å². The van der Waals surface area contributed by atoms with E-state index >= 15 is 0 Å². The van der Waals surface area contributed by atoms with Crippen molar-refractivity contribution >= 4 is 17.3 Å². The molecule has 1 nitrogen and oxygen atoms in total. The second kappa shape index (κ2) is 5.13. The van der Waals surface area contributed by atoms with Gasteiger partial charge in [0.25, 0.3) is 0 Å². The molecule has 2 heteroatoms. The molecule has 74 valence electrons. The number of nitrogen functional groups attached to an aromatic ring is 1. The van der Waals surface area contributed by atoms with Gasteiger partial charge in [-0.1, -0.05) is 39.3 Å². The van der Waals surface area contributed by atoms with Crippen LogP contribution in [0, 0.1) is 5.41 Å². The van der Waals surface area contributed by atoms with Crippen LogP contribution in [0.4, 0.5) is 5.69 Å². The summed E-state index contributed by atoms with van der Waals surface area (Å²) in [6, 6.07) is 7.05. The maximum absolute atomic E-state index is 5.56. The third-order valence-corrected chi connectivity index (χ3v) is 1.12. The minimum Gasteiger partial charge on any atom is -0.399 e. The van der Waals surface area contributed by atoms with E-state index in [1.165, 1.54) is 0 Å². The van der Waals surface area contributed by atoms with Crippen LogP contribution in [0.15, 0.2) is 24.3 Å². The topological polar surface area (TPSA) is 26.0 Å². The Hall–Kier alpha value is -0.690. The molecular weight excluding hydrogens is 182 g/mol. The molecule has 0 heterocycles. The van der Waals surface area contributed by atoms with E-state index in [9.17, 15) is 0 Å². The molecule has 0 aliphatic heterocycles. The van der Waals surface area contributed by atoms with Gasteiger partial charge in [0.15, 0.2) is 0 Å². The summed E-state index contributed by atoms with van der Waals surface area (Å²) in [6.07, 6.45) is 0. The predicted molar refractivity (Wildman–Crippen MR) is 61.0 cm³/mol. The summed E-state index contributed by atoms with van der Waals surface area (Å²) < 4.78 is 0. The molecule has 0 bridgehead atoms. The van der Waals surface area contributed by atoms with E-state index in [4.69, 9.17) is 17.3 Å². The van der Waals surface area contributed by atoms with E-state index in [1.807, 2.05) is 0 Å². The van der Waals surface area contributed by atoms with Crippen molar-refractivity contribution < 1.29 is 0 Å². The molecule has 0 fully saturated rings. The van der Waals surface area contributed by atoms with Crippen molar-refractivity contribution in [2.75, 3.05) is 5.73 Å². The lowest BCUT2D eigenvalue weighted by molar-refractivity contribution is 0.469.